The van der Waals surface area contributed by atoms with Gasteiger partial charge in [-0.25, -0.2) is 0 Å². The zero-order valence-corrected chi connectivity index (χ0v) is 8.95. The lowest BCUT2D eigenvalue weighted by atomic mass is 10.8. The van der Waals surface area contributed by atoms with E-state index >= 15 is 0 Å². The molecule has 0 aromatic heterocycles. The van der Waals surface area contributed by atoms with Crippen LogP contribution in [0, 0.1) is 0 Å². The van der Waals surface area contributed by atoms with Gasteiger partial charge in [-0.2, -0.15) is 0 Å². The van der Waals surface area contributed by atoms with E-state index in [2.05, 4.69) is 4.74 Å². The molecule has 0 saturated heterocycles. The molecule has 0 atom stereocenters. The van der Waals surface area contributed by atoms with Crippen molar-refractivity contribution in [2.24, 2.45) is 0 Å². The molecule has 0 aliphatic heterocycles. The highest BCUT2D eigenvalue weighted by Crippen LogP contribution is 1.73. The zero-order chi connectivity index (χ0) is 9.70. The molecule has 0 aromatic carbocycles. The van der Waals surface area contributed by atoms with Crippen LogP contribution in [-0.4, -0.2) is 35.6 Å². The Hall–Kier alpha value is -0.0300. The van der Waals surface area contributed by atoms with E-state index in [1.54, 1.807) is 6.92 Å². The summed E-state index contributed by atoms with van der Waals surface area (Å²) in [4.78, 5) is 9.82. The largest absolute Gasteiger partial charge is 0.466 e. The monoisotopic (exact) mass is 222 g/mol. The predicted octanol–water partition coefficient (Wildman–Crippen LogP) is 0.775. The highest BCUT2D eigenvalue weighted by molar-refractivity contribution is 6.40. The van der Waals surface area contributed by atoms with E-state index in [-0.39, 0.29) is 16.8 Å². The van der Waals surface area contributed by atoms with Crippen molar-refractivity contribution in [1.29, 1.82) is 0 Å². The molecule has 0 aromatic rings. The minimum Gasteiger partial charge on any atom is -0.466 e. The van der Waals surface area contributed by atoms with Crippen LogP contribution in [0.15, 0.2) is 0 Å². The molecule has 78 valence electrons. The molecule has 0 amide bonds. The van der Waals surface area contributed by atoms with E-state index in [0.29, 0.717) is 6.61 Å². The molecule has 0 aliphatic carbocycles. The van der Waals surface area contributed by atoms with Crippen molar-refractivity contribution in [2.75, 3.05) is 19.1 Å². The second-order valence-electron chi connectivity index (χ2n) is 1.03. The van der Waals surface area contributed by atoms with Gasteiger partial charge in [0, 0.05) is 14.0 Å². The van der Waals surface area contributed by atoms with E-state index in [1.165, 1.54) is 6.92 Å². The van der Waals surface area contributed by atoms with Gasteiger partial charge in [0.1, 0.15) is 0 Å². The number of esters is 1. The van der Waals surface area contributed by atoms with Gasteiger partial charge in [-0.05, 0) is 6.92 Å². The van der Waals surface area contributed by atoms with Crippen molar-refractivity contribution in [3.8, 4) is 0 Å². The third-order valence-electron chi connectivity index (χ3n) is 0.348. The van der Waals surface area contributed by atoms with Crippen LogP contribution in [0.2, 0.25) is 0 Å². The molecule has 0 rings (SSSR count). The fraction of sp³-hybridized carbons (Fsp3) is 0.833. The first-order valence-electron chi connectivity index (χ1n) is 2.89. The summed E-state index contributed by atoms with van der Waals surface area (Å²) in [5.74, 6) is -0.211. The van der Waals surface area contributed by atoms with Crippen LogP contribution >= 0.6 is 23.2 Å². The fourth-order valence-electron chi connectivity index (χ4n) is 0.203. The number of carbonyl (C=O) groups excluding carboxylic acids is 1. The first-order chi connectivity index (χ1) is 5.18. The van der Waals surface area contributed by atoms with Crippen LogP contribution in [0.3, 0.4) is 0 Å². The van der Waals surface area contributed by atoms with Gasteiger partial charge in [0.15, 0.2) is 0 Å². The molecule has 6 heteroatoms. The van der Waals surface area contributed by atoms with Crippen LogP contribution in [0.4, 0.5) is 0 Å². The lowest BCUT2D eigenvalue weighted by Crippen LogP contribution is -1.95. The molecule has 0 aliphatic rings. The molecular formula is C6H16Cl2O4. The molecule has 0 radical (unpaired) electrons. The minimum atomic E-state index is -0.211. The van der Waals surface area contributed by atoms with Crippen LogP contribution in [0.5, 0.6) is 0 Å². The van der Waals surface area contributed by atoms with Crippen LogP contribution < -0.4 is 0 Å². The van der Waals surface area contributed by atoms with Crippen molar-refractivity contribution in [1.82, 2.24) is 0 Å². The van der Waals surface area contributed by atoms with Crippen molar-refractivity contribution in [3.05, 3.63) is 0 Å². The first-order valence-corrected chi connectivity index (χ1v) is 3.95. The molecular weight excluding hydrogens is 207 g/mol. The Bertz CT molecular complexity index is 70.6. The topological polar surface area (TPSA) is 78.0 Å². The standard InChI is InChI=1S/C4H8O2.CH2Cl2.CH4O.H2O/c1-3-6-4(2)5;2-1-3;1-2;/h3H2,1-2H3;1H2;2H,1H3;1H2. The smallest absolute Gasteiger partial charge is 0.302 e. The van der Waals surface area contributed by atoms with Gasteiger partial charge in [0.2, 0.25) is 0 Å². The van der Waals surface area contributed by atoms with E-state index in [4.69, 9.17) is 28.3 Å². The Labute approximate surface area is 82.7 Å². The van der Waals surface area contributed by atoms with Gasteiger partial charge in [-0.3, -0.25) is 4.79 Å². The van der Waals surface area contributed by atoms with Crippen LogP contribution in [-0.2, 0) is 9.53 Å². The normalized spacial score (nSPS) is 5.83. The molecule has 0 saturated carbocycles. The van der Waals surface area contributed by atoms with Gasteiger partial charge < -0.3 is 15.3 Å². The summed E-state index contributed by atoms with van der Waals surface area (Å²) >= 11 is 9.53. The average Bonchev–Trinajstić information content (AvgIpc) is 1.93. The SMILES string of the molecule is CCOC(C)=O.CO.ClCCl.O. The summed E-state index contributed by atoms with van der Waals surface area (Å²) < 4.78 is 4.40. The maximum atomic E-state index is 9.82. The zero-order valence-electron chi connectivity index (χ0n) is 7.43. The number of carbonyl (C=O) groups is 1. The summed E-state index contributed by atoms with van der Waals surface area (Å²) in [6.45, 7) is 3.65. The number of hydrogen-bond acceptors (Lipinski definition) is 3. The van der Waals surface area contributed by atoms with Gasteiger partial charge >= 0.3 is 5.97 Å². The number of hydrogen-bond donors (Lipinski definition) is 1. The molecule has 0 bridgehead atoms. The number of rotatable bonds is 1. The molecule has 0 unspecified atom stereocenters. The quantitative estimate of drug-likeness (QED) is 0.526. The second-order valence-corrected chi connectivity index (χ2v) is 1.83. The highest BCUT2D eigenvalue weighted by atomic mass is 35.5. The van der Waals surface area contributed by atoms with E-state index in [1.807, 2.05) is 0 Å². The Morgan fingerprint density at radius 2 is 1.67 bits per heavy atom. The molecule has 3 N–H and O–H groups in total. The fourth-order valence-corrected chi connectivity index (χ4v) is 0.203. The maximum Gasteiger partial charge on any atom is 0.302 e. The minimum absolute atomic E-state index is 0. The highest BCUT2D eigenvalue weighted by Gasteiger charge is 1.81. The number of halogens is 2. The second kappa shape index (κ2) is 30.6. The Morgan fingerprint density at radius 1 is 1.42 bits per heavy atom. The maximum absolute atomic E-state index is 9.82. The summed E-state index contributed by atoms with van der Waals surface area (Å²) in [6, 6.07) is 0. The Kier molecular flexibility index (Phi) is 57.8. The number of aliphatic hydroxyl groups is 1. The molecule has 0 heterocycles. The lowest BCUT2D eigenvalue weighted by molar-refractivity contribution is -0.140. The summed E-state index contributed by atoms with van der Waals surface area (Å²) in [5, 5.41) is 7.19. The van der Waals surface area contributed by atoms with E-state index in [0.717, 1.165) is 7.11 Å². The van der Waals surface area contributed by atoms with E-state index in [9.17, 15) is 4.79 Å². The van der Waals surface area contributed by atoms with Gasteiger partial charge in [-0.15, -0.1) is 23.2 Å². The summed E-state index contributed by atoms with van der Waals surface area (Å²) in [5.41, 5.74) is 0. The lowest BCUT2D eigenvalue weighted by Gasteiger charge is -1.89. The summed E-state index contributed by atoms with van der Waals surface area (Å²) in [6.07, 6.45) is 0. The number of ether oxygens (including phenoxy) is 1. The Balaban J connectivity index is -0.0000000462. The summed E-state index contributed by atoms with van der Waals surface area (Å²) in [7, 11) is 1.00. The van der Waals surface area contributed by atoms with Gasteiger partial charge in [0.25, 0.3) is 0 Å². The third kappa shape index (κ3) is 90.9. The number of aliphatic hydroxyl groups excluding tert-OH is 1. The number of alkyl halides is 2. The van der Waals surface area contributed by atoms with Crippen LogP contribution in [0.25, 0.3) is 0 Å². The van der Waals surface area contributed by atoms with Gasteiger partial charge in [-0.1, -0.05) is 0 Å². The molecule has 12 heavy (non-hydrogen) atoms. The first kappa shape index (κ1) is 22.7. The van der Waals surface area contributed by atoms with E-state index < -0.39 is 0 Å². The van der Waals surface area contributed by atoms with Crippen LogP contribution in [0.1, 0.15) is 13.8 Å². The van der Waals surface area contributed by atoms with Gasteiger partial charge in [0.05, 0.1) is 11.9 Å². The molecule has 4 nitrogen and oxygen atoms in total. The van der Waals surface area contributed by atoms with Crippen molar-refractivity contribution in [2.45, 2.75) is 13.8 Å². The Morgan fingerprint density at radius 3 is 1.67 bits per heavy atom. The average molecular weight is 223 g/mol. The van der Waals surface area contributed by atoms with Crippen molar-refractivity contribution >= 4 is 29.2 Å². The van der Waals surface area contributed by atoms with Crippen molar-refractivity contribution < 1.29 is 20.1 Å². The van der Waals surface area contributed by atoms with Crippen molar-refractivity contribution in [3.63, 3.8) is 0 Å². The molecule has 0 spiro atoms. The third-order valence-corrected chi connectivity index (χ3v) is 0.348. The predicted molar refractivity (Wildman–Crippen MR) is 50.6 cm³/mol. The molecule has 0 fully saturated rings.